The van der Waals surface area contributed by atoms with Gasteiger partial charge in [-0.2, -0.15) is 18.2 Å². The average molecular weight is 297 g/mol. The van der Waals surface area contributed by atoms with Crippen LogP contribution in [0.2, 0.25) is 0 Å². The number of benzene rings is 1. The zero-order valence-electron chi connectivity index (χ0n) is 10.5. The molecule has 110 valence electrons. The first-order valence-corrected chi connectivity index (χ1v) is 5.64. The SMILES string of the molecule is NC(N)=NC(=O)c1ccc(-c2ncc[nH]2)c(C(F)(F)F)c1. The Bertz CT molecular complexity index is 687. The van der Waals surface area contributed by atoms with Crippen molar-refractivity contribution in [2.75, 3.05) is 0 Å². The Morgan fingerprint density at radius 1 is 1.29 bits per heavy atom. The Labute approximate surface area is 116 Å². The highest BCUT2D eigenvalue weighted by Gasteiger charge is 2.35. The van der Waals surface area contributed by atoms with Gasteiger partial charge in [-0.25, -0.2) is 4.98 Å². The number of guanidine groups is 1. The summed E-state index contributed by atoms with van der Waals surface area (Å²) < 4.78 is 39.3. The van der Waals surface area contributed by atoms with Gasteiger partial charge in [0, 0.05) is 23.5 Å². The van der Waals surface area contributed by atoms with Crippen molar-refractivity contribution in [1.29, 1.82) is 0 Å². The number of hydrogen-bond acceptors (Lipinski definition) is 2. The van der Waals surface area contributed by atoms with E-state index < -0.39 is 23.6 Å². The molecule has 0 aliphatic heterocycles. The van der Waals surface area contributed by atoms with Crippen LogP contribution in [-0.2, 0) is 6.18 Å². The Morgan fingerprint density at radius 2 is 2.00 bits per heavy atom. The number of nitrogens with one attached hydrogen (secondary N) is 1. The van der Waals surface area contributed by atoms with Crippen molar-refractivity contribution in [1.82, 2.24) is 9.97 Å². The van der Waals surface area contributed by atoms with E-state index in [-0.39, 0.29) is 17.0 Å². The van der Waals surface area contributed by atoms with Gasteiger partial charge in [-0.15, -0.1) is 0 Å². The van der Waals surface area contributed by atoms with Crippen molar-refractivity contribution in [2.24, 2.45) is 16.5 Å². The highest BCUT2D eigenvalue weighted by atomic mass is 19.4. The maximum atomic E-state index is 13.1. The lowest BCUT2D eigenvalue weighted by Gasteiger charge is -2.12. The molecule has 0 saturated heterocycles. The number of carbonyl (C=O) groups is 1. The van der Waals surface area contributed by atoms with E-state index in [9.17, 15) is 18.0 Å². The fourth-order valence-electron chi connectivity index (χ4n) is 1.71. The van der Waals surface area contributed by atoms with Gasteiger partial charge in [0.25, 0.3) is 5.91 Å². The molecule has 1 aromatic heterocycles. The molecule has 21 heavy (non-hydrogen) atoms. The molecule has 9 heteroatoms. The van der Waals surface area contributed by atoms with Gasteiger partial charge in [0.1, 0.15) is 5.82 Å². The predicted octanol–water partition coefficient (Wildman–Crippen LogP) is 1.51. The van der Waals surface area contributed by atoms with E-state index in [0.717, 1.165) is 6.07 Å². The number of nitrogens with zero attached hydrogens (tertiary/aromatic N) is 2. The van der Waals surface area contributed by atoms with Gasteiger partial charge in [-0.3, -0.25) is 4.79 Å². The molecule has 0 aliphatic rings. The van der Waals surface area contributed by atoms with E-state index in [1.54, 1.807) is 0 Å². The minimum absolute atomic E-state index is 0.0446. The molecule has 0 unspecified atom stereocenters. The molecule has 0 aliphatic carbocycles. The van der Waals surface area contributed by atoms with Crippen molar-refractivity contribution < 1.29 is 18.0 Å². The maximum absolute atomic E-state index is 13.1. The maximum Gasteiger partial charge on any atom is 0.417 e. The average Bonchev–Trinajstić information content (AvgIpc) is 2.89. The molecular weight excluding hydrogens is 287 g/mol. The molecule has 6 nitrogen and oxygen atoms in total. The molecule has 0 fully saturated rings. The van der Waals surface area contributed by atoms with Crippen LogP contribution in [0, 0.1) is 0 Å². The second kappa shape index (κ2) is 5.27. The fourth-order valence-corrected chi connectivity index (χ4v) is 1.71. The van der Waals surface area contributed by atoms with Gasteiger partial charge in [-0.05, 0) is 18.2 Å². The number of alkyl halides is 3. The van der Waals surface area contributed by atoms with Crippen molar-refractivity contribution >= 4 is 11.9 Å². The number of aromatic amines is 1. The van der Waals surface area contributed by atoms with Crippen LogP contribution in [0.1, 0.15) is 15.9 Å². The summed E-state index contributed by atoms with van der Waals surface area (Å²) >= 11 is 0. The molecule has 1 aromatic carbocycles. The second-order valence-electron chi connectivity index (χ2n) is 4.04. The molecule has 5 N–H and O–H groups in total. The van der Waals surface area contributed by atoms with Crippen molar-refractivity contribution in [3.63, 3.8) is 0 Å². The first-order chi connectivity index (χ1) is 9.79. The number of aliphatic imine (C=N–C) groups is 1. The van der Waals surface area contributed by atoms with Gasteiger partial charge >= 0.3 is 6.18 Å². The van der Waals surface area contributed by atoms with Crippen LogP contribution in [0.4, 0.5) is 13.2 Å². The van der Waals surface area contributed by atoms with Crippen LogP contribution in [-0.4, -0.2) is 21.8 Å². The molecular formula is C12H10F3N5O. The Morgan fingerprint density at radius 3 is 2.52 bits per heavy atom. The van der Waals surface area contributed by atoms with E-state index in [2.05, 4.69) is 15.0 Å². The summed E-state index contributed by atoms with van der Waals surface area (Å²) in [5, 5.41) is 0. The van der Waals surface area contributed by atoms with E-state index in [0.29, 0.717) is 6.07 Å². The van der Waals surface area contributed by atoms with Gasteiger partial charge in [0.2, 0.25) is 0 Å². The third-order valence-corrected chi connectivity index (χ3v) is 2.56. The molecule has 0 saturated carbocycles. The van der Waals surface area contributed by atoms with Crippen molar-refractivity contribution in [3.8, 4) is 11.4 Å². The summed E-state index contributed by atoms with van der Waals surface area (Å²) in [5.41, 5.74) is 8.61. The van der Waals surface area contributed by atoms with Crippen molar-refractivity contribution in [2.45, 2.75) is 6.18 Å². The number of halogens is 3. The third-order valence-electron chi connectivity index (χ3n) is 2.56. The second-order valence-corrected chi connectivity index (χ2v) is 4.04. The fraction of sp³-hybridized carbons (Fsp3) is 0.0833. The molecule has 0 atom stereocenters. The largest absolute Gasteiger partial charge is 0.417 e. The zero-order valence-corrected chi connectivity index (χ0v) is 10.5. The first kappa shape index (κ1) is 14.6. The zero-order chi connectivity index (χ0) is 15.6. The summed E-state index contributed by atoms with van der Waals surface area (Å²) in [6.45, 7) is 0. The lowest BCUT2D eigenvalue weighted by molar-refractivity contribution is -0.137. The van der Waals surface area contributed by atoms with Gasteiger partial charge in [0.15, 0.2) is 5.96 Å². The highest BCUT2D eigenvalue weighted by Crippen LogP contribution is 2.36. The monoisotopic (exact) mass is 297 g/mol. The van der Waals surface area contributed by atoms with Crippen molar-refractivity contribution in [3.05, 3.63) is 41.7 Å². The standard InChI is InChI=1S/C12H10F3N5O/c13-12(14,15)8-5-6(10(21)20-11(16)17)1-2-7(8)9-18-3-4-19-9/h1-5H,(H,18,19)(H4,16,17,20,21). The molecule has 2 aromatic rings. The number of amides is 1. The number of aromatic nitrogens is 2. The molecule has 0 spiro atoms. The van der Waals surface area contributed by atoms with E-state index in [4.69, 9.17) is 11.5 Å². The Hall–Kier alpha value is -2.84. The van der Waals surface area contributed by atoms with Crippen LogP contribution in [0.15, 0.2) is 35.6 Å². The summed E-state index contributed by atoms with van der Waals surface area (Å²) in [7, 11) is 0. The normalized spacial score (nSPS) is 11.2. The number of imidazole rings is 1. The Balaban J connectivity index is 2.56. The van der Waals surface area contributed by atoms with E-state index in [1.807, 2.05) is 0 Å². The lowest BCUT2D eigenvalue weighted by atomic mass is 10.0. The minimum atomic E-state index is -4.66. The predicted molar refractivity (Wildman–Crippen MR) is 69.2 cm³/mol. The van der Waals surface area contributed by atoms with Gasteiger partial charge in [0.05, 0.1) is 5.56 Å². The van der Waals surface area contributed by atoms with Crippen LogP contribution >= 0.6 is 0 Å². The molecule has 1 amide bonds. The summed E-state index contributed by atoms with van der Waals surface area (Å²) in [5.74, 6) is -1.43. The molecule has 0 bridgehead atoms. The molecule has 2 rings (SSSR count). The number of carbonyl (C=O) groups excluding carboxylic acids is 1. The van der Waals surface area contributed by atoms with E-state index >= 15 is 0 Å². The topological polar surface area (TPSA) is 110 Å². The van der Waals surface area contributed by atoms with Crippen LogP contribution < -0.4 is 11.5 Å². The minimum Gasteiger partial charge on any atom is -0.370 e. The van der Waals surface area contributed by atoms with Crippen LogP contribution in [0.25, 0.3) is 11.4 Å². The smallest absolute Gasteiger partial charge is 0.370 e. The Kier molecular flexibility index (Phi) is 3.66. The quantitative estimate of drug-likeness (QED) is 0.576. The van der Waals surface area contributed by atoms with Gasteiger partial charge in [-0.1, -0.05) is 0 Å². The summed E-state index contributed by atoms with van der Waals surface area (Å²) in [6.07, 6.45) is -1.93. The molecule has 1 heterocycles. The van der Waals surface area contributed by atoms with Crippen LogP contribution in [0.5, 0.6) is 0 Å². The summed E-state index contributed by atoms with van der Waals surface area (Å²) in [6, 6.07) is 3.02. The molecule has 0 radical (unpaired) electrons. The number of hydrogen-bond donors (Lipinski definition) is 3. The highest BCUT2D eigenvalue weighted by molar-refractivity contribution is 6.02. The number of nitrogens with two attached hydrogens (primary N) is 2. The van der Waals surface area contributed by atoms with Gasteiger partial charge < -0.3 is 16.5 Å². The summed E-state index contributed by atoms with van der Waals surface area (Å²) in [4.78, 5) is 21.2. The number of rotatable bonds is 2. The van der Waals surface area contributed by atoms with Crippen LogP contribution in [0.3, 0.4) is 0 Å². The third kappa shape index (κ3) is 3.19. The first-order valence-electron chi connectivity index (χ1n) is 5.64. The lowest BCUT2D eigenvalue weighted by Crippen LogP contribution is -2.24. The number of H-pyrrole nitrogens is 1. The van der Waals surface area contributed by atoms with E-state index in [1.165, 1.54) is 18.5 Å².